The summed E-state index contributed by atoms with van der Waals surface area (Å²) in [4.78, 5) is 40.4. The molecule has 2 amide bonds. The van der Waals surface area contributed by atoms with E-state index in [1.807, 2.05) is 4.90 Å². The minimum Gasteiger partial charge on any atom is -0.503 e. The zero-order valence-corrected chi connectivity index (χ0v) is 17.0. The SMILES string of the molecule is Cc1ccc(CNC(=O)c2cn3c(c(O)c2=O)C(=O)N2[C@H](C3)[C@@H]3C[C@H]2[C@H]2C[C@@H]32)c(F)c1. The van der Waals surface area contributed by atoms with Crippen LogP contribution in [0.2, 0.25) is 0 Å². The molecule has 8 heteroatoms. The van der Waals surface area contributed by atoms with Crippen molar-refractivity contribution in [1.82, 2.24) is 14.8 Å². The highest BCUT2D eigenvalue weighted by Crippen LogP contribution is 2.64. The molecule has 3 heterocycles. The van der Waals surface area contributed by atoms with Gasteiger partial charge in [0.15, 0.2) is 11.4 Å². The Morgan fingerprint density at radius 3 is 2.74 bits per heavy atom. The number of aromatic nitrogens is 1. The Hall–Kier alpha value is -3.16. The number of carbonyl (C=O) groups is 2. The average molecular weight is 423 g/mol. The van der Waals surface area contributed by atoms with E-state index in [0.717, 1.165) is 18.4 Å². The molecule has 0 unspecified atom stereocenters. The van der Waals surface area contributed by atoms with Gasteiger partial charge in [-0.05, 0) is 49.1 Å². The van der Waals surface area contributed by atoms with Gasteiger partial charge in [-0.25, -0.2) is 4.39 Å². The number of amides is 2. The topological polar surface area (TPSA) is 91.6 Å². The third-order valence-electron chi connectivity index (χ3n) is 7.63. The fourth-order valence-corrected chi connectivity index (χ4v) is 6.11. The molecule has 160 valence electrons. The molecule has 0 spiro atoms. The van der Waals surface area contributed by atoms with Gasteiger partial charge in [0.05, 0.1) is 6.04 Å². The molecule has 31 heavy (non-hydrogen) atoms. The molecular formula is C23H22FN3O4. The number of halogens is 1. The number of pyridine rings is 1. The fourth-order valence-electron chi connectivity index (χ4n) is 6.11. The molecule has 2 aliphatic heterocycles. The van der Waals surface area contributed by atoms with Crippen molar-refractivity contribution >= 4 is 11.8 Å². The second kappa shape index (κ2) is 6.18. The first kappa shape index (κ1) is 18.6. The van der Waals surface area contributed by atoms with E-state index in [1.54, 1.807) is 23.6 Å². The van der Waals surface area contributed by atoms with Crippen molar-refractivity contribution < 1.29 is 19.1 Å². The lowest BCUT2D eigenvalue weighted by molar-refractivity contribution is 0.0465. The van der Waals surface area contributed by atoms with Crippen molar-refractivity contribution in [3.05, 3.63) is 62.8 Å². The molecule has 1 saturated heterocycles. The van der Waals surface area contributed by atoms with Crippen molar-refractivity contribution in [3.63, 3.8) is 0 Å². The van der Waals surface area contributed by atoms with Crippen molar-refractivity contribution in [1.29, 1.82) is 0 Å². The van der Waals surface area contributed by atoms with E-state index >= 15 is 0 Å². The number of carbonyl (C=O) groups excluding carboxylic acids is 2. The quantitative estimate of drug-likeness (QED) is 0.788. The van der Waals surface area contributed by atoms with Crippen LogP contribution < -0.4 is 10.7 Å². The molecule has 7 nitrogen and oxygen atoms in total. The van der Waals surface area contributed by atoms with Crippen LogP contribution in [0.3, 0.4) is 0 Å². The first-order valence-electron chi connectivity index (χ1n) is 10.7. The number of piperidine rings is 1. The lowest BCUT2D eigenvalue weighted by Gasteiger charge is -2.40. The van der Waals surface area contributed by atoms with Crippen LogP contribution in [0.15, 0.2) is 29.2 Å². The van der Waals surface area contributed by atoms with Crippen LogP contribution in [0.25, 0.3) is 0 Å². The van der Waals surface area contributed by atoms with Crippen molar-refractivity contribution in [2.75, 3.05) is 0 Å². The summed E-state index contributed by atoms with van der Waals surface area (Å²) in [6.45, 7) is 2.14. The first-order valence-corrected chi connectivity index (χ1v) is 10.7. The molecule has 0 radical (unpaired) electrons. The Labute approximate surface area is 177 Å². The Balaban J connectivity index is 1.30. The second-order valence-corrected chi connectivity index (χ2v) is 9.31. The van der Waals surface area contributed by atoms with E-state index in [-0.39, 0.29) is 35.8 Å². The fraction of sp³-hybridized carbons (Fsp3) is 0.435. The number of fused-ring (bicyclic) bond motifs is 9. The van der Waals surface area contributed by atoms with E-state index in [2.05, 4.69) is 5.32 Å². The molecule has 4 aliphatic rings. The van der Waals surface area contributed by atoms with Crippen molar-refractivity contribution in [3.8, 4) is 5.75 Å². The minimum atomic E-state index is -0.881. The highest BCUT2D eigenvalue weighted by molar-refractivity contribution is 5.99. The van der Waals surface area contributed by atoms with Gasteiger partial charge >= 0.3 is 0 Å². The van der Waals surface area contributed by atoms with Gasteiger partial charge in [-0.3, -0.25) is 14.4 Å². The second-order valence-electron chi connectivity index (χ2n) is 9.31. The van der Waals surface area contributed by atoms with Crippen LogP contribution in [-0.4, -0.2) is 38.5 Å². The lowest BCUT2D eigenvalue weighted by atomic mass is 9.94. The molecule has 1 aromatic heterocycles. The Morgan fingerprint density at radius 2 is 1.97 bits per heavy atom. The zero-order valence-electron chi connectivity index (χ0n) is 17.0. The predicted octanol–water partition coefficient (Wildman–Crippen LogP) is 1.79. The van der Waals surface area contributed by atoms with Gasteiger partial charge in [0.2, 0.25) is 5.43 Å². The largest absolute Gasteiger partial charge is 0.503 e. The van der Waals surface area contributed by atoms with Crippen LogP contribution >= 0.6 is 0 Å². The first-order chi connectivity index (χ1) is 14.8. The van der Waals surface area contributed by atoms with E-state index in [0.29, 0.717) is 29.9 Å². The molecule has 5 atom stereocenters. The molecule has 2 saturated carbocycles. The number of benzene rings is 1. The third kappa shape index (κ3) is 2.53. The number of hydrogen-bond donors (Lipinski definition) is 2. The van der Waals surface area contributed by atoms with Crippen LogP contribution in [-0.2, 0) is 13.1 Å². The van der Waals surface area contributed by atoms with Crippen LogP contribution in [0.1, 0.15) is 44.8 Å². The predicted molar refractivity (Wildman–Crippen MR) is 108 cm³/mol. The summed E-state index contributed by atoms with van der Waals surface area (Å²) < 4.78 is 15.6. The molecule has 2 bridgehead atoms. The van der Waals surface area contributed by atoms with Gasteiger partial charge < -0.3 is 19.9 Å². The number of rotatable bonds is 3. The lowest BCUT2D eigenvalue weighted by Crippen LogP contribution is -2.53. The van der Waals surface area contributed by atoms with E-state index < -0.39 is 22.9 Å². The molecule has 3 fully saturated rings. The Bertz CT molecular complexity index is 1220. The molecule has 2 N–H and O–H groups in total. The molecule has 2 aromatic rings. The summed E-state index contributed by atoms with van der Waals surface area (Å²) in [5.41, 5.74) is -0.0986. The molecule has 1 aromatic carbocycles. The van der Waals surface area contributed by atoms with Gasteiger partial charge in [-0.1, -0.05) is 12.1 Å². The van der Waals surface area contributed by atoms with Gasteiger partial charge in [-0.15, -0.1) is 0 Å². The number of nitrogens with one attached hydrogen (secondary N) is 1. The summed E-state index contributed by atoms with van der Waals surface area (Å²) in [6.07, 6.45) is 3.50. The van der Waals surface area contributed by atoms with Gasteiger partial charge in [0.1, 0.15) is 11.4 Å². The maximum Gasteiger partial charge on any atom is 0.275 e. The van der Waals surface area contributed by atoms with Crippen molar-refractivity contribution in [2.24, 2.45) is 17.8 Å². The average Bonchev–Trinajstić information content (AvgIpc) is 3.34. The van der Waals surface area contributed by atoms with Gasteiger partial charge in [0, 0.05) is 30.9 Å². The Morgan fingerprint density at radius 1 is 1.19 bits per heavy atom. The van der Waals surface area contributed by atoms with Gasteiger partial charge in [-0.2, -0.15) is 0 Å². The summed E-state index contributed by atoms with van der Waals surface area (Å²) in [7, 11) is 0. The third-order valence-corrected chi connectivity index (χ3v) is 7.63. The number of aromatic hydroxyl groups is 1. The minimum absolute atomic E-state index is 0.0351. The molecular weight excluding hydrogens is 401 g/mol. The maximum atomic E-state index is 14.0. The highest BCUT2D eigenvalue weighted by atomic mass is 19.1. The van der Waals surface area contributed by atoms with Crippen molar-refractivity contribution in [2.45, 2.75) is 44.9 Å². The van der Waals surface area contributed by atoms with E-state index in [1.165, 1.54) is 12.3 Å². The highest BCUT2D eigenvalue weighted by Gasteiger charge is 2.66. The summed E-state index contributed by atoms with van der Waals surface area (Å²) in [6, 6.07) is 4.95. The summed E-state index contributed by atoms with van der Waals surface area (Å²) in [5, 5.41) is 13.1. The molecule has 2 aliphatic carbocycles. The normalized spacial score (nSPS) is 29.4. The number of aryl methyl sites for hydroxylation is 1. The number of hydrogen-bond acceptors (Lipinski definition) is 4. The molecule has 6 rings (SSSR count). The standard InChI is InChI=1S/C23H22FN3O4/c1-10-2-3-11(16(24)4-10)7-25-22(30)15-8-26-9-18-14-6-17(13-5-12(13)14)27(18)23(31)19(26)21(29)20(15)28/h2-4,8,12-14,17-18,29H,5-7,9H2,1H3,(H,25,30)/t12-,13+,14-,17+,18-/m1/s1. The maximum absolute atomic E-state index is 14.0. The number of nitrogens with zero attached hydrogens (tertiary/aromatic N) is 2. The monoisotopic (exact) mass is 423 g/mol. The summed E-state index contributed by atoms with van der Waals surface area (Å²) in [5.74, 6) is -0.453. The van der Waals surface area contributed by atoms with E-state index in [4.69, 9.17) is 0 Å². The smallest absolute Gasteiger partial charge is 0.275 e. The Kier molecular flexibility index (Phi) is 3.71. The zero-order chi connectivity index (χ0) is 21.6. The van der Waals surface area contributed by atoms with E-state index in [9.17, 15) is 23.9 Å². The van der Waals surface area contributed by atoms with Crippen LogP contribution in [0, 0.1) is 30.5 Å². The van der Waals surface area contributed by atoms with Crippen LogP contribution in [0.4, 0.5) is 4.39 Å². The summed E-state index contributed by atoms with van der Waals surface area (Å²) >= 11 is 0. The van der Waals surface area contributed by atoms with Gasteiger partial charge in [0.25, 0.3) is 11.8 Å². The van der Waals surface area contributed by atoms with Crippen LogP contribution in [0.5, 0.6) is 5.75 Å².